The Labute approximate surface area is 160 Å². The molecule has 1 saturated heterocycles. The quantitative estimate of drug-likeness (QED) is 0.727. The van der Waals surface area contributed by atoms with Crippen molar-refractivity contribution in [3.63, 3.8) is 0 Å². The molecule has 2 aliphatic rings. The zero-order valence-corrected chi connectivity index (χ0v) is 17.6. The van der Waals surface area contributed by atoms with Gasteiger partial charge in [0.25, 0.3) is 0 Å². The Bertz CT molecular complexity index is 472. The molecular weight excluding hydrogens is 326 g/mol. The number of hydrogen-bond donors (Lipinski definition) is 0. The van der Waals surface area contributed by atoms with Gasteiger partial charge in [0, 0.05) is 46.2 Å². The van der Waals surface area contributed by atoms with Gasteiger partial charge < -0.3 is 9.80 Å². The van der Waals surface area contributed by atoms with E-state index in [9.17, 15) is 9.59 Å². The van der Waals surface area contributed by atoms with Gasteiger partial charge in [-0.25, -0.2) is 0 Å². The van der Waals surface area contributed by atoms with Gasteiger partial charge in [0.15, 0.2) is 0 Å². The largest absolute Gasteiger partial charge is 0.344 e. The van der Waals surface area contributed by atoms with E-state index in [1.165, 1.54) is 25.7 Å². The van der Waals surface area contributed by atoms with Crippen molar-refractivity contribution >= 4 is 11.8 Å². The predicted octanol–water partition coefficient (Wildman–Crippen LogP) is 2.99. The van der Waals surface area contributed by atoms with Gasteiger partial charge in [-0.3, -0.25) is 14.5 Å². The van der Waals surface area contributed by atoms with E-state index in [1.807, 2.05) is 16.8 Å². The molecule has 0 N–H and O–H groups in total. The van der Waals surface area contributed by atoms with E-state index in [2.05, 4.69) is 32.6 Å². The molecule has 26 heavy (non-hydrogen) atoms. The van der Waals surface area contributed by atoms with E-state index in [4.69, 9.17) is 0 Å². The second kappa shape index (κ2) is 9.20. The number of carbonyl (C=O) groups is 2. The highest BCUT2D eigenvalue weighted by Gasteiger charge is 2.38. The van der Waals surface area contributed by atoms with Gasteiger partial charge in [-0.15, -0.1) is 0 Å². The summed E-state index contributed by atoms with van der Waals surface area (Å²) in [4.78, 5) is 31.9. The van der Waals surface area contributed by atoms with E-state index in [0.717, 1.165) is 39.1 Å². The average Bonchev–Trinajstić information content (AvgIpc) is 3.08. The maximum Gasteiger partial charge on any atom is 0.239 e. The maximum absolute atomic E-state index is 13.1. The molecule has 1 heterocycles. The van der Waals surface area contributed by atoms with Gasteiger partial charge in [0.2, 0.25) is 11.8 Å². The van der Waals surface area contributed by atoms with E-state index in [1.54, 1.807) is 0 Å². The third-order valence-corrected chi connectivity index (χ3v) is 5.78. The van der Waals surface area contributed by atoms with Crippen LogP contribution in [0.3, 0.4) is 0 Å². The van der Waals surface area contributed by atoms with Crippen LogP contribution in [-0.4, -0.2) is 72.3 Å². The third kappa shape index (κ3) is 5.70. The van der Waals surface area contributed by atoms with Gasteiger partial charge in [-0.05, 0) is 30.6 Å². The minimum Gasteiger partial charge on any atom is -0.344 e. The van der Waals surface area contributed by atoms with Crippen molar-refractivity contribution in [2.24, 2.45) is 11.3 Å². The molecule has 0 bridgehead atoms. The van der Waals surface area contributed by atoms with Crippen LogP contribution in [0.2, 0.25) is 0 Å². The van der Waals surface area contributed by atoms with Crippen molar-refractivity contribution in [1.29, 1.82) is 0 Å². The van der Waals surface area contributed by atoms with Crippen LogP contribution in [0.25, 0.3) is 0 Å². The second-order valence-electron chi connectivity index (χ2n) is 9.40. The number of carbonyl (C=O) groups excluding carboxylic acids is 2. The third-order valence-electron chi connectivity index (χ3n) is 5.78. The molecule has 150 valence electrons. The Morgan fingerprint density at radius 1 is 1.08 bits per heavy atom. The summed E-state index contributed by atoms with van der Waals surface area (Å²) in [7, 11) is 1.94. The average molecular weight is 366 g/mol. The van der Waals surface area contributed by atoms with Gasteiger partial charge in [0.05, 0.1) is 6.04 Å². The SMILES string of the molecule is CCCN(C)C(=O)C(C1CCCC1)N1CCN(C(=O)CC(C)(C)C)CC1. The molecule has 1 unspecified atom stereocenters. The first-order chi connectivity index (χ1) is 12.2. The van der Waals surface area contributed by atoms with Crippen LogP contribution in [0.4, 0.5) is 0 Å². The number of amides is 2. The molecule has 0 spiro atoms. The molecule has 0 aromatic carbocycles. The molecule has 5 heteroatoms. The maximum atomic E-state index is 13.1. The molecule has 5 nitrogen and oxygen atoms in total. The number of piperazine rings is 1. The van der Waals surface area contributed by atoms with Crippen molar-refractivity contribution in [2.75, 3.05) is 39.8 Å². The summed E-state index contributed by atoms with van der Waals surface area (Å²) in [5.41, 5.74) is 0.0272. The number of likely N-dealkylation sites (N-methyl/N-ethyl adjacent to an activating group) is 1. The molecule has 0 radical (unpaired) electrons. The Balaban J connectivity index is 1.99. The van der Waals surface area contributed by atoms with Crippen LogP contribution in [0.5, 0.6) is 0 Å². The van der Waals surface area contributed by atoms with Gasteiger partial charge in [0.1, 0.15) is 0 Å². The molecule has 0 aromatic heterocycles. The first kappa shape index (κ1) is 21.2. The van der Waals surface area contributed by atoms with Crippen LogP contribution < -0.4 is 0 Å². The molecule has 1 aliphatic heterocycles. The molecule has 1 atom stereocenters. The van der Waals surface area contributed by atoms with Crippen LogP contribution >= 0.6 is 0 Å². The summed E-state index contributed by atoms with van der Waals surface area (Å²) in [5, 5.41) is 0. The van der Waals surface area contributed by atoms with Gasteiger partial charge in [-0.1, -0.05) is 40.5 Å². The van der Waals surface area contributed by atoms with E-state index in [-0.39, 0.29) is 23.3 Å². The monoisotopic (exact) mass is 365 g/mol. The van der Waals surface area contributed by atoms with Crippen LogP contribution in [0.1, 0.15) is 66.2 Å². The van der Waals surface area contributed by atoms with E-state index in [0.29, 0.717) is 12.3 Å². The molecule has 2 amide bonds. The van der Waals surface area contributed by atoms with Crippen molar-refractivity contribution in [1.82, 2.24) is 14.7 Å². The fourth-order valence-corrected chi connectivity index (χ4v) is 4.42. The standard InChI is InChI=1S/C21H39N3O2/c1-6-11-22(5)20(26)19(17-9-7-8-10-17)24-14-12-23(13-15-24)18(25)16-21(2,3)4/h17,19H,6-16H2,1-5H3. The lowest BCUT2D eigenvalue weighted by atomic mass is 9.91. The lowest BCUT2D eigenvalue weighted by molar-refractivity contribution is -0.141. The Morgan fingerprint density at radius 3 is 2.15 bits per heavy atom. The van der Waals surface area contributed by atoms with Crippen LogP contribution in [0.15, 0.2) is 0 Å². The number of nitrogens with zero attached hydrogens (tertiary/aromatic N) is 3. The van der Waals surface area contributed by atoms with E-state index < -0.39 is 0 Å². The summed E-state index contributed by atoms with van der Waals surface area (Å²) >= 11 is 0. The lowest BCUT2D eigenvalue weighted by Gasteiger charge is -2.42. The summed E-state index contributed by atoms with van der Waals surface area (Å²) in [6.45, 7) is 12.4. The molecule has 2 fully saturated rings. The first-order valence-corrected chi connectivity index (χ1v) is 10.5. The molecule has 2 rings (SSSR count). The van der Waals surface area contributed by atoms with Gasteiger partial charge in [-0.2, -0.15) is 0 Å². The summed E-state index contributed by atoms with van der Waals surface area (Å²) < 4.78 is 0. The predicted molar refractivity (Wildman–Crippen MR) is 106 cm³/mol. The molecular formula is C21H39N3O2. The number of hydrogen-bond acceptors (Lipinski definition) is 3. The minimum absolute atomic E-state index is 0.00826. The smallest absolute Gasteiger partial charge is 0.239 e. The van der Waals surface area contributed by atoms with Crippen LogP contribution in [-0.2, 0) is 9.59 Å². The van der Waals surface area contributed by atoms with Crippen molar-refractivity contribution in [3.05, 3.63) is 0 Å². The highest BCUT2D eigenvalue weighted by atomic mass is 16.2. The highest BCUT2D eigenvalue weighted by Crippen LogP contribution is 2.32. The fraction of sp³-hybridized carbons (Fsp3) is 0.905. The van der Waals surface area contributed by atoms with Gasteiger partial charge >= 0.3 is 0 Å². The Kier molecular flexibility index (Phi) is 7.51. The topological polar surface area (TPSA) is 43.9 Å². The van der Waals surface area contributed by atoms with E-state index >= 15 is 0 Å². The lowest BCUT2D eigenvalue weighted by Crippen LogP contribution is -2.58. The second-order valence-corrected chi connectivity index (χ2v) is 9.40. The summed E-state index contributed by atoms with van der Waals surface area (Å²) in [6.07, 6.45) is 6.41. The molecule has 1 aliphatic carbocycles. The Hall–Kier alpha value is -1.10. The zero-order chi connectivity index (χ0) is 19.3. The minimum atomic E-state index is 0.00826. The van der Waals surface area contributed by atoms with Crippen molar-refractivity contribution in [2.45, 2.75) is 72.3 Å². The normalized spacial score (nSPS) is 21.0. The molecule has 0 aromatic rings. The fourth-order valence-electron chi connectivity index (χ4n) is 4.42. The molecule has 1 saturated carbocycles. The Morgan fingerprint density at radius 2 is 1.65 bits per heavy atom. The van der Waals surface area contributed by atoms with Crippen molar-refractivity contribution < 1.29 is 9.59 Å². The summed E-state index contributed by atoms with van der Waals surface area (Å²) in [6, 6.07) is 0.00826. The number of rotatable bonds is 6. The first-order valence-electron chi connectivity index (χ1n) is 10.5. The zero-order valence-electron chi connectivity index (χ0n) is 17.6. The van der Waals surface area contributed by atoms with Crippen LogP contribution in [0, 0.1) is 11.3 Å². The highest BCUT2D eigenvalue weighted by molar-refractivity contribution is 5.82. The van der Waals surface area contributed by atoms with Crippen molar-refractivity contribution in [3.8, 4) is 0 Å². The summed E-state index contributed by atoms with van der Waals surface area (Å²) in [5.74, 6) is 1.02.